The minimum absolute atomic E-state index is 0.167. The summed E-state index contributed by atoms with van der Waals surface area (Å²) in [6.07, 6.45) is 0. The Morgan fingerprint density at radius 2 is 1.62 bits per heavy atom. The first-order valence-electron chi connectivity index (χ1n) is 7.70. The van der Waals surface area contributed by atoms with Crippen molar-refractivity contribution in [1.82, 2.24) is 4.72 Å². The first-order valence-corrected chi connectivity index (χ1v) is 9.18. The van der Waals surface area contributed by atoms with E-state index in [1.807, 2.05) is 26.0 Å². The summed E-state index contributed by atoms with van der Waals surface area (Å²) in [5.74, 6) is -0.219. The lowest BCUT2D eigenvalue weighted by atomic mass is 10.1. The van der Waals surface area contributed by atoms with Crippen molar-refractivity contribution in [1.29, 1.82) is 0 Å². The quantitative estimate of drug-likeness (QED) is 0.873. The number of carbonyl (C=O) groups is 1. The molecule has 0 heterocycles. The molecule has 0 aromatic heterocycles. The van der Waals surface area contributed by atoms with Crippen LogP contribution in [0, 0.1) is 13.8 Å². The van der Waals surface area contributed by atoms with Gasteiger partial charge in [0, 0.05) is 17.3 Å². The predicted octanol–water partition coefficient (Wildman–Crippen LogP) is 3.24. The van der Waals surface area contributed by atoms with Crippen molar-refractivity contribution in [2.75, 3.05) is 5.32 Å². The lowest BCUT2D eigenvalue weighted by Crippen LogP contribution is -2.30. The molecule has 128 valence electrons. The van der Waals surface area contributed by atoms with Crippen LogP contribution in [0.1, 0.15) is 35.3 Å². The standard InChI is InChI=1S/C18H22N2O3S/c1-12(2)20-24(22,23)16-8-6-15(7-9-16)19-18(21)17-10-5-13(3)11-14(17)4/h5-12,20H,1-4H3,(H,19,21). The van der Waals surface area contributed by atoms with Gasteiger partial charge >= 0.3 is 0 Å². The molecule has 2 rings (SSSR count). The summed E-state index contributed by atoms with van der Waals surface area (Å²) in [4.78, 5) is 12.5. The Hall–Kier alpha value is -2.18. The average Bonchev–Trinajstić information content (AvgIpc) is 2.46. The SMILES string of the molecule is Cc1ccc(C(=O)Nc2ccc(S(=O)(=O)NC(C)C)cc2)c(C)c1. The van der Waals surface area contributed by atoms with Crippen LogP contribution in [0.4, 0.5) is 5.69 Å². The molecule has 0 bridgehead atoms. The maximum atomic E-state index is 12.3. The van der Waals surface area contributed by atoms with Crippen molar-refractivity contribution in [3.8, 4) is 0 Å². The van der Waals surface area contributed by atoms with Crippen LogP contribution in [0.3, 0.4) is 0 Å². The van der Waals surface area contributed by atoms with Crippen molar-refractivity contribution in [2.45, 2.75) is 38.6 Å². The molecule has 0 aliphatic carbocycles. The van der Waals surface area contributed by atoms with E-state index in [9.17, 15) is 13.2 Å². The smallest absolute Gasteiger partial charge is 0.255 e. The number of nitrogens with one attached hydrogen (secondary N) is 2. The van der Waals surface area contributed by atoms with Crippen molar-refractivity contribution in [2.24, 2.45) is 0 Å². The summed E-state index contributed by atoms with van der Waals surface area (Å²) in [6, 6.07) is 11.5. The minimum atomic E-state index is -3.53. The lowest BCUT2D eigenvalue weighted by molar-refractivity contribution is 0.102. The van der Waals surface area contributed by atoms with Crippen molar-refractivity contribution < 1.29 is 13.2 Å². The monoisotopic (exact) mass is 346 g/mol. The second-order valence-corrected chi connectivity index (χ2v) is 7.79. The predicted molar refractivity (Wildman–Crippen MR) is 95.8 cm³/mol. The molecular weight excluding hydrogens is 324 g/mol. The Balaban J connectivity index is 2.16. The third kappa shape index (κ3) is 4.43. The maximum Gasteiger partial charge on any atom is 0.255 e. The largest absolute Gasteiger partial charge is 0.322 e. The molecule has 5 nitrogen and oxygen atoms in total. The highest BCUT2D eigenvalue weighted by Gasteiger charge is 2.15. The number of hydrogen-bond donors (Lipinski definition) is 2. The van der Waals surface area contributed by atoms with Gasteiger partial charge in [0.05, 0.1) is 4.90 Å². The van der Waals surface area contributed by atoms with E-state index in [0.717, 1.165) is 11.1 Å². The van der Waals surface area contributed by atoms with Gasteiger partial charge in [0.25, 0.3) is 5.91 Å². The fraction of sp³-hybridized carbons (Fsp3) is 0.278. The number of rotatable bonds is 5. The van der Waals surface area contributed by atoms with Gasteiger partial charge in [-0.2, -0.15) is 0 Å². The summed E-state index contributed by atoms with van der Waals surface area (Å²) < 4.78 is 26.7. The molecule has 0 radical (unpaired) electrons. The zero-order chi connectivity index (χ0) is 17.9. The molecule has 0 atom stereocenters. The van der Waals surface area contributed by atoms with Gasteiger partial charge in [-0.15, -0.1) is 0 Å². The Morgan fingerprint density at radius 3 is 2.17 bits per heavy atom. The van der Waals surface area contributed by atoms with Crippen molar-refractivity contribution in [3.05, 3.63) is 59.2 Å². The molecule has 0 fully saturated rings. The van der Waals surface area contributed by atoms with Gasteiger partial charge in [-0.25, -0.2) is 13.1 Å². The summed E-state index contributed by atoms with van der Waals surface area (Å²) in [5.41, 5.74) is 3.13. The highest BCUT2D eigenvalue weighted by Crippen LogP contribution is 2.17. The van der Waals surface area contributed by atoms with Gasteiger partial charge in [0.1, 0.15) is 0 Å². The van der Waals surface area contributed by atoms with E-state index in [1.54, 1.807) is 32.0 Å². The van der Waals surface area contributed by atoms with E-state index < -0.39 is 10.0 Å². The van der Waals surface area contributed by atoms with Gasteiger partial charge in [0.15, 0.2) is 0 Å². The zero-order valence-corrected chi connectivity index (χ0v) is 15.1. The first-order chi connectivity index (χ1) is 11.2. The fourth-order valence-corrected chi connectivity index (χ4v) is 3.61. The van der Waals surface area contributed by atoms with E-state index in [-0.39, 0.29) is 16.8 Å². The van der Waals surface area contributed by atoms with Crippen LogP contribution in [-0.4, -0.2) is 20.4 Å². The lowest BCUT2D eigenvalue weighted by Gasteiger charge is -2.11. The van der Waals surface area contributed by atoms with Gasteiger partial charge in [-0.3, -0.25) is 4.79 Å². The Bertz CT molecular complexity index is 841. The summed E-state index contributed by atoms with van der Waals surface area (Å²) in [7, 11) is -3.53. The molecule has 2 aromatic rings. The summed E-state index contributed by atoms with van der Waals surface area (Å²) >= 11 is 0. The van der Waals surface area contributed by atoms with E-state index in [2.05, 4.69) is 10.0 Å². The first kappa shape index (κ1) is 18.2. The van der Waals surface area contributed by atoms with E-state index in [4.69, 9.17) is 0 Å². The topological polar surface area (TPSA) is 75.3 Å². The average molecular weight is 346 g/mol. The molecule has 0 spiro atoms. The Kier molecular flexibility index (Phi) is 5.41. The summed E-state index contributed by atoms with van der Waals surface area (Å²) in [5, 5.41) is 2.78. The molecule has 0 aliphatic rings. The second-order valence-electron chi connectivity index (χ2n) is 6.07. The van der Waals surface area contributed by atoms with Crippen molar-refractivity contribution >= 4 is 21.6 Å². The molecule has 2 aromatic carbocycles. The highest BCUT2D eigenvalue weighted by molar-refractivity contribution is 7.89. The number of aryl methyl sites for hydroxylation is 2. The maximum absolute atomic E-state index is 12.3. The Labute approximate surface area is 143 Å². The Morgan fingerprint density at radius 1 is 1.00 bits per heavy atom. The zero-order valence-electron chi connectivity index (χ0n) is 14.3. The molecule has 0 saturated carbocycles. The molecule has 0 unspecified atom stereocenters. The fourth-order valence-electron chi connectivity index (χ4n) is 2.36. The van der Waals surface area contributed by atoms with Crippen LogP contribution in [0.2, 0.25) is 0 Å². The molecule has 24 heavy (non-hydrogen) atoms. The number of benzene rings is 2. The molecule has 6 heteroatoms. The van der Waals surface area contributed by atoms with Gasteiger partial charge in [0.2, 0.25) is 10.0 Å². The summed E-state index contributed by atoms with van der Waals surface area (Å²) in [6.45, 7) is 7.38. The number of hydrogen-bond acceptors (Lipinski definition) is 3. The van der Waals surface area contributed by atoms with Gasteiger partial charge in [-0.05, 0) is 63.6 Å². The third-order valence-corrected chi connectivity index (χ3v) is 5.11. The van der Waals surface area contributed by atoms with Gasteiger partial charge < -0.3 is 5.32 Å². The van der Waals surface area contributed by atoms with Crippen molar-refractivity contribution in [3.63, 3.8) is 0 Å². The highest BCUT2D eigenvalue weighted by atomic mass is 32.2. The van der Waals surface area contributed by atoms with Crippen LogP contribution >= 0.6 is 0 Å². The van der Waals surface area contributed by atoms with Crippen LogP contribution in [0.25, 0.3) is 0 Å². The van der Waals surface area contributed by atoms with Crippen LogP contribution in [0.5, 0.6) is 0 Å². The van der Waals surface area contributed by atoms with Crippen LogP contribution < -0.4 is 10.0 Å². The molecule has 1 amide bonds. The number of carbonyl (C=O) groups excluding carboxylic acids is 1. The van der Waals surface area contributed by atoms with Crippen LogP contribution in [-0.2, 0) is 10.0 Å². The number of amides is 1. The van der Waals surface area contributed by atoms with Crippen LogP contribution in [0.15, 0.2) is 47.4 Å². The van der Waals surface area contributed by atoms with E-state index in [0.29, 0.717) is 11.3 Å². The van der Waals surface area contributed by atoms with E-state index in [1.165, 1.54) is 12.1 Å². The normalized spacial score (nSPS) is 11.5. The molecule has 0 aliphatic heterocycles. The number of anilines is 1. The third-order valence-electron chi connectivity index (χ3n) is 3.44. The van der Waals surface area contributed by atoms with E-state index >= 15 is 0 Å². The second kappa shape index (κ2) is 7.15. The minimum Gasteiger partial charge on any atom is -0.322 e. The molecule has 0 saturated heterocycles. The van der Waals surface area contributed by atoms with Gasteiger partial charge in [-0.1, -0.05) is 17.7 Å². The molecule has 2 N–H and O–H groups in total. The number of sulfonamides is 1. The molecular formula is C18H22N2O3S.